The van der Waals surface area contributed by atoms with Crippen LogP contribution in [0.15, 0.2) is 64.2 Å². The van der Waals surface area contributed by atoms with Crippen LogP contribution in [-0.2, 0) is 0 Å². The summed E-state index contributed by atoms with van der Waals surface area (Å²) in [7, 11) is 0. The van der Waals surface area contributed by atoms with Gasteiger partial charge in [0.05, 0.1) is 17.7 Å². The predicted octanol–water partition coefficient (Wildman–Crippen LogP) is 3.46. The molecule has 1 atom stereocenters. The Morgan fingerprint density at radius 1 is 0.960 bits per heavy atom. The van der Waals surface area contributed by atoms with Crippen LogP contribution in [0, 0.1) is 11.3 Å². The zero-order chi connectivity index (χ0) is 17.8. The zero-order valence-corrected chi connectivity index (χ0v) is 13.7. The van der Waals surface area contributed by atoms with Gasteiger partial charge in [0.25, 0.3) is 10.9 Å². The third-order valence-corrected chi connectivity index (χ3v) is 4.12. The lowest BCUT2D eigenvalue weighted by molar-refractivity contribution is 0.747. The van der Waals surface area contributed by atoms with Crippen LogP contribution in [0.3, 0.4) is 0 Å². The van der Waals surface area contributed by atoms with E-state index in [1.165, 1.54) is 0 Å². The van der Waals surface area contributed by atoms with Crippen molar-refractivity contribution in [2.24, 2.45) is 0 Å². The van der Waals surface area contributed by atoms with Crippen molar-refractivity contribution >= 4 is 17.1 Å². The topological polar surface area (TPSA) is 82.0 Å². The monoisotopic (exact) mass is 331 g/mol. The van der Waals surface area contributed by atoms with Gasteiger partial charge in [0.2, 0.25) is 0 Å². The molecular formula is C20H17N3O2. The summed E-state index contributed by atoms with van der Waals surface area (Å²) >= 11 is 0. The van der Waals surface area contributed by atoms with Gasteiger partial charge >= 0.3 is 0 Å². The van der Waals surface area contributed by atoms with Crippen LogP contribution in [0.2, 0.25) is 0 Å². The van der Waals surface area contributed by atoms with Crippen LogP contribution < -0.4 is 21.5 Å². The number of benzene rings is 2. The first-order valence-corrected chi connectivity index (χ1v) is 8.06. The highest BCUT2D eigenvalue weighted by molar-refractivity contribution is 5.79. The van der Waals surface area contributed by atoms with Gasteiger partial charge in [-0.3, -0.25) is 9.59 Å². The Morgan fingerprint density at radius 3 is 2.20 bits per heavy atom. The summed E-state index contributed by atoms with van der Waals surface area (Å²) in [5, 5.41) is 15.0. The molecule has 0 aromatic heterocycles. The molecule has 3 aromatic rings. The van der Waals surface area contributed by atoms with Crippen LogP contribution >= 0.6 is 0 Å². The third-order valence-electron chi connectivity index (χ3n) is 4.12. The van der Waals surface area contributed by atoms with E-state index in [1.807, 2.05) is 43.3 Å². The molecule has 3 rings (SSSR count). The summed E-state index contributed by atoms with van der Waals surface area (Å²) in [5.41, 5.74) is 1.78. The van der Waals surface area contributed by atoms with Gasteiger partial charge in [0.1, 0.15) is 11.4 Å². The molecule has 0 aliphatic carbocycles. The van der Waals surface area contributed by atoms with Crippen LogP contribution in [0.1, 0.15) is 30.5 Å². The van der Waals surface area contributed by atoms with Crippen molar-refractivity contribution in [1.29, 1.82) is 5.26 Å². The number of hydrogen-bond donors (Lipinski definition) is 2. The average molecular weight is 331 g/mol. The minimum Gasteiger partial charge on any atom is -0.373 e. The summed E-state index contributed by atoms with van der Waals surface area (Å²) in [4.78, 5) is 23.9. The fourth-order valence-electron chi connectivity index (χ4n) is 2.70. The van der Waals surface area contributed by atoms with Crippen molar-refractivity contribution in [2.75, 3.05) is 10.6 Å². The van der Waals surface area contributed by atoms with Crippen molar-refractivity contribution in [3.8, 4) is 6.07 Å². The smallest absolute Gasteiger partial charge is 0.253 e. The molecule has 2 N–H and O–H groups in total. The summed E-state index contributed by atoms with van der Waals surface area (Å²) in [6.45, 7) is 2.02. The first kappa shape index (κ1) is 16.5. The molecule has 0 aliphatic heterocycles. The second-order valence-corrected chi connectivity index (χ2v) is 5.74. The molecule has 5 heteroatoms. The normalized spacial score (nSPS) is 11.7. The molecule has 3 aromatic carbocycles. The fourth-order valence-corrected chi connectivity index (χ4v) is 2.70. The predicted molar refractivity (Wildman–Crippen MR) is 98.9 cm³/mol. The first-order valence-electron chi connectivity index (χ1n) is 8.06. The number of anilines is 3. The Balaban J connectivity index is 1.83. The molecule has 0 aliphatic rings. The van der Waals surface area contributed by atoms with Crippen molar-refractivity contribution in [3.63, 3.8) is 0 Å². The van der Waals surface area contributed by atoms with E-state index in [4.69, 9.17) is 5.26 Å². The standard InChI is InChI=1S/C20H17N3O2/c1-2-16(14-6-4-3-5-7-14)23-18-17(19(24)20(18)25)22-15-10-8-13(12-21)9-11-15/h3-11,16,22-23H,2H2,1H3. The molecule has 1 unspecified atom stereocenters. The SMILES string of the molecule is CCC(Nc1c(Nc2ccc(C#N)cc2)c(=O)c1=O)c1ccccc1. The van der Waals surface area contributed by atoms with Crippen LogP contribution in [0.5, 0.6) is 0 Å². The maximum absolute atomic E-state index is 12.0. The number of nitrogens with one attached hydrogen (secondary N) is 2. The number of nitriles is 1. The maximum Gasteiger partial charge on any atom is 0.253 e. The zero-order valence-electron chi connectivity index (χ0n) is 13.7. The van der Waals surface area contributed by atoms with Gasteiger partial charge in [-0.25, -0.2) is 0 Å². The number of nitrogens with zero attached hydrogens (tertiary/aromatic N) is 1. The van der Waals surface area contributed by atoms with Crippen LogP contribution in [-0.4, -0.2) is 0 Å². The quantitative estimate of drug-likeness (QED) is 0.676. The van der Waals surface area contributed by atoms with Gasteiger partial charge in [0, 0.05) is 5.69 Å². The van der Waals surface area contributed by atoms with Crippen LogP contribution in [0.4, 0.5) is 17.1 Å². The van der Waals surface area contributed by atoms with E-state index in [9.17, 15) is 9.59 Å². The lowest BCUT2D eigenvalue weighted by atomic mass is 10.0. The van der Waals surface area contributed by atoms with E-state index in [1.54, 1.807) is 24.3 Å². The minimum absolute atomic E-state index is 0.0500. The average Bonchev–Trinajstić information content (AvgIpc) is 2.68. The summed E-state index contributed by atoms with van der Waals surface area (Å²) in [5.74, 6) is 0. The molecule has 0 amide bonds. The molecule has 25 heavy (non-hydrogen) atoms. The number of rotatable bonds is 6. The number of hydrogen-bond acceptors (Lipinski definition) is 5. The van der Waals surface area contributed by atoms with Crippen molar-refractivity contribution in [3.05, 3.63) is 86.2 Å². The summed E-state index contributed by atoms with van der Waals surface area (Å²) in [6, 6.07) is 18.5. The second kappa shape index (κ2) is 7.02. The van der Waals surface area contributed by atoms with Gasteiger partial charge in [-0.05, 0) is 36.2 Å². The van der Waals surface area contributed by atoms with Crippen molar-refractivity contribution in [1.82, 2.24) is 0 Å². The molecule has 5 nitrogen and oxygen atoms in total. The van der Waals surface area contributed by atoms with E-state index >= 15 is 0 Å². The summed E-state index contributed by atoms with van der Waals surface area (Å²) < 4.78 is 0. The van der Waals surface area contributed by atoms with Gasteiger partial charge in [-0.2, -0.15) is 5.26 Å². The Bertz CT molecular complexity index is 979. The molecular weight excluding hydrogens is 314 g/mol. The van der Waals surface area contributed by atoms with Gasteiger partial charge in [-0.1, -0.05) is 37.3 Å². The Hall–Kier alpha value is -3.39. The maximum atomic E-state index is 12.0. The highest BCUT2D eigenvalue weighted by Gasteiger charge is 2.23. The minimum atomic E-state index is -0.533. The van der Waals surface area contributed by atoms with Crippen molar-refractivity contribution in [2.45, 2.75) is 19.4 Å². The Labute approximate surface area is 145 Å². The van der Waals surface area contributed by atoms with Crippen molar-refractivity contribution < 1.29 is 0 Å². The largest absolute Gasteiger partial charge is 0.373 e. The van der Waals surface area contributed by atoms with E-state index in [0.717, 1.165) is 12.0 Å². The van der Waals surface area contributed by atoms with Gasteiger partial charge in [-0.15, -0.1) is 0 Å². The Kier molecular flexibility index (Phi) is 4.62. The fraction of sp³-hybridized carbons (Fsp3) is 0.150. The highest BCUT2D eigenvalue weighted by atomic mass is 16.2. The van der Waals surface area contributed by atoms with E-state index in [2.05, 4.69) is 10.6 Å². The lowest BCUT2D eigenvalue weighted by Gasteiger charge is -2.22. The molecule has 0 radical (unpaired) electrons. The molecule has 0 heterocycles. The molecule has 0 spiro atoms. The van der Waals surface area contributed by atoms with E-state index < -0.39 is 10.9 Å². The lowest BCUT2D eigenvalue weighted by Crippen LogP contribution is -2.37. The molecule has 0 saturated heterocycles. The first-order chi connectivity index (χ1) is 12.1. The molecule has 0 fully saturated rings. The van der Waals surface area contributed by atoms with Crippen LogP contribution in [0.25, 0.3) is 0 Å². The molecule has 0 bridgehead atoms. The molecule has 124 valence electrons. The van der Waals surface area contributed by atoms with Gasteiger partial charge in [0.15, 0.2) is 0 Å². The molecule has 0 saturated carbocycles. The summed E-state index contributed by atoms with van der Waals surface area (Å²) in [6.07, 6.45) is 0.777. The third kappa shape index (κ3) is 3.29. The van der Waals surface area contributed by atoms with E-state index in [-0.39, 0.29) is 11.7 Å². The highest BCUT2D eigenvalue weighted by Crippen LogP contribution is 2.27. The second-order valence-electron chi connectivity index (χ2n) is 5.74. The van der Waals surface area contributed by atoms with Gasteiger partial charge < -0.3 is 10.6 Å². The Morgan fingerprint density at radius 2 is 1.60 bits per heavy atom. The van der Waals surface area contributed by atoms with E-state index in [0.29, 0.717) is 16.9 Å².